The van der Waals surface area contributed by atoms with Gasteiger partial charge in [0.1, 0.15) is 5.82 Å². The van der Waals surface area contributed by atoms with Crippen molar-refractivity contribution in [2.75, 3.05) is 0 Å². The number of aromatic nitrogens is 3. The molecule has 118 valence electrons. The monoisotopic (exact) mass is 327 g/mol. The number of primary amides is 1. The number of nitrogens with two attached hydrogens (primary N) is 1. The zero-order chi connectivity index (χ0) is 16.2. The first-order chi connectivity index (χ1) is 11.2. The van der Waals surface area contributed by atoms with Gasteiger partial charge in [0.05, 0.1) is 11.6 Å². The van der Waals surface area contributed by atoms with Gasteiger partial charge in [-0.15, -0.1) is 10.2 Å². The number of carbonyl (C=O) groups is 1. The molecule has 0 atom stereocenters. The van der Waals surface area contributed by atoms with E-state index in [0.29, 0.717) is 24.4 Å². The summed E-state index contributed by atoms with van der Waals surface area (Å²) in [6, 6.07) is 9.61. The van der Waals surface area contributed by atoms with Crippen LogP contribution in [0.5, 0.6) is 0 Å². The summed E-state index contributed by atoms with van der Waals surface area (Å²) in [6.45, 7) is 0.532. The van der Waals surface area contributed by atoms with Crippen molar-refractivity contribution in [2.24, 2.45) is 5.73 Å². The lowest BCUT2D eigenvalue weighted by Crippen LogP contribution is -2.15. The molecule has 3 rings (SSSR count). The van der Waals surface area contributed by atoms with Crippen molar-refractivity contribution < 1.29 is 4.79 Å². The maximum absolute atomic E-state index is 11.1. The van der Waals surface area contributed by atoms with Crippen LogP contribution in [0.15, 0.2) is 29.4 Å². The molecule has 0 spiro atoms. The molecule has 1 aliphatic rings. The van der Waals surface area contributed by atoms with E-state index in [1.807, 2.05) is 28.8 Å². The van der Waals surface area contributed by atoms with E-state index in [1.165, 1.54) is 0 Å². The van der Waals surface area contributed by atoms with Crippen molar-refractivity contribution in [3.05, 3.63) is 41.2 Å². The average Bonchev–Trinajstić information content (AvgIpc) is 3.32. The molecule has 23 heavy (non-hydrogen) atoms. The van der Waals surface area contributed by atoms with E-state index in [0.717, 1.165) is 35.1 Å². The SMILES string of the molecule is N#Cc1ccc(CSc2nnc(C3CC3)n2CCC(N)=O)cc1. The molecule has 0 aliphatic heterocycles. The molecule has 1 saturated carbocycles. The van der Waals surface area contributed by atoms with Crippen LogP contribution in [0.4, 0.5) is 0 Å². The summed E-state index contributed by atoms with van der Waals surface area (Å²) in [5.41, 5.74) is 7.04. The summed E-state index contributed by atoms with van der Waals surface area (Å²) >= 11 is 1.59. The van der Waals surface area contributed by atoms with Gasteiger partial charge in [0.2, 0.25) is 5.91 Å². The highest BCUT2D eigenvalue weighted by Crippen LogP contribution is 2.40. The molecule has 0 bridgehead atoms. The second kappa shape index (κ2) is 6.84. The van der Waals surface area contributed by atoms with E-state index in [9.17, 15) is 4.79 Å². The van der Waals surface area contributed by atoms with Gasteiger partial charge < -0.3 is 10.3 Å². The summed E-state index contributed by atoms with van der Waals surface area (Å²) in [6.07, 6.45) is 2.56. The highest BCUT2D eigenvalue weighted by molar-refractivity contribution is 7.98. The quantitative estimate of drug-likeness (QED) is 0.786. The van der Waals surface area contributed by atoms with Crippen LogP contribution < -0.4 is 5.73 Å². The van der Waals surface area contributed by atoms with Gasteiger partial charge in [-0.3, -0.25) is 4.79 Å². The molecule has 1 heterocycles. The molecular formula is C16H17N5OS. The van der Waals surface area contributed by atoms with Gasteiger partial charge in [-0.2, -0.15) is 5.26 Å². The Morgan fingerprint density at radius 2 is 2.09 bits per heavy atom. The third kappa shape index (κ3) is 3.90. The maximum Gasteiger partial charge on any atom is 0.219 e. The Morgan fingerprint density at radius 3 is 2.70 bits per heavy atom. The van der Waals surface area contributed by atoms with E-state index >= 15 is 0 Å². The Morgan fingerprint density at radius 1 is 1.35 bits per heavy atom. The predicted molar refractivity (Wildman–Crippen MR) is 86.5 cm³/mol. The minimum Gasteiger partial charge on any atom is -0.370 e. The smallest absolute Gasteiger partial charge is 0.219 e. The van der Waals surface area contributed by atoms with Gasteiger partial charge >= 0.3 is 0 Å². The standard InChI is InChI=1S/C16H17N5OS/c17-9-11-1-3-12(4-2-11)10-23-16-20-19-15(13-5-6-13)21(16)8-7-14(18)22/h1-4,13H,5-8,10H2,(H2,18,22). The molecular weight excluding hydrogens is 310 g/mol. The van der Waals surface area contributed by atoms with Crippen LogP contribution in [0, 0.1) is 11.3 Å². The minimum absolute atomic E-state index is 0.294. The van der Waals surface area contributed by atoms with Crippen molar-refractivity contribution in [1.29, 1.82) is 5.26 Å². The van der Waals surface area contributed by atoms with E-state index in [1.54, 1.807) is 11.8 Å². The molecule has 6 nitrogen and oxygen atoms in total. The number of rotatable bonds is 7. The van der Waals surface area contributed by atoms with Crippen molar-refractivity contribution in [3.63, 3.8) is 0 Å². The third-order valence-corrected chi connectivity index (χ3v) is 4.76. The fraction of sp³-hybridized carbons (Fsp3) is 0.375. The van der Waals surface area contributed by atoms with Crippen LogP contribution in [0.1, 0.15) is 42.1 Å². The zero-order valence-corrected chi connectivity index (χ0v) is 13.4. The Bertz CT molecular complexity index is 743. The van der Waals surface area contributed by atoms with E-state index in [4.69, 9.17) is 11.0 Å². The number of nitriles is 1. The van der Waals surface area contributed by atoms with Crippen LogP contribution in [0.3, 0.4) is 0 Å². The van der Waals surface area contributed by atoms with Gasteiger partial charge in [0, 0.05) is 24.6 Å². The molecule has 1 fully saturated rings. The molecule has 1 aromatic carbocycles. The molecule has 0 unspecified atom stereocenters. The topological polar surface area (TPSA) is 97.6 Å². The maximum atomic E-state index is 11.1. The van der Waals surface area contributed by atoms with Gasteiger partial charge in [-0.05, 0) is 30.5 Å². The Balaban J connectivity index is 1.71. The van der Waals surface area contributed by atoms with Crippen molar-refractivity contribution >= 4 is 17.7 Å². The lowest BCUT2D eigenvalue weighted by Gasteiger charge is -2.08. The predicted octanol–water partition coefficient (Wildman–Crippen LogP) is 2.19. The van der Waals surface area contributed by atoms with Gasteiger partial charge in [-0.25, -0.2) is 0 Å². The van der Waals surface area contributed by atoms with Gasteiger partial charge in [0.15, 0.2) is 5.16 Å². The van der Waals surface area contributed by atoms with E-state index < -0.39 is 0 Å². The molecule has 2 aromatic rings. The zero-order valence-electron chi connectivity index (χ0n) is 12.6. The highest BCUT2D eigenvalue weighted by atomic mass is 32.2. The lowest BCUT2D eigenvalue weighted by molar-refractivity contribution is -0.118. The molecule has 7 heteroatoms. The number of carbonyl (C=O) groups excluding carboxylic acids is 1. The molecule has 1 aliphatic carbocycles. The number of benzene rings is 1. The highest BCUT2D eigenvalue weighted by Gasteiger charge is 2.30. The summed E-state index contributed by atoms with van der Waals surface area (Å²) < 4.78 is 2.02. The average molecular weight is 327 g/mol. The van der Waals surface area contributed by atoms with Crippen LogP contribution in [-0.4, -0.2) is 20.7 Å². The molecule has 1 amide bonds. The number of amides is 1. The van der Waals surface area contributed by atoms with E-state index in [-0.39, 0.29) is 5.91 Å². The van der Waals surface area contributed by atoms with Gasteiger partial charge in [0.25, 0.3) is 0 Å². The van der Waals surface area contributed by atoms with Crippen molar-refractivity contribution in [2.45, 2.75) is 42.6 Å². The molecule has 2 N–H and O–H groups in total. The minimum atomic E-state index is -0.316. The number of nitrogens with zero attached hydrogens (tertiary/aromatic N) is 4. The Labute approximate surface area is 138 Å². The Hall–Kier alpha value is -2.33. The fourth-order valence-electron chi connectivity index (χ4n) is 2.31. The summed E-state index contributed by atoms with van der Waals surface area (Å²) in [5.74, 6) is 1.86. The summed E-state index contributed by atoms with van der Waals surface area (Å²) in [7, 11) is 0. The number of hydrogen-bond acceptors (Lipinski definition) is 5. The van der Waals surface area contributed by atoms with Crippen LogP contribution in [-0.2, 0) is 17.1 Å². The Kier molecular flexibility index (Phi) is 4.63. The first-order valence-corrected chi connectivity index (χ1v) is 8.49. The largest absolute Gasteiger partial charge is 0.370 e. The summed E-state index contributed by atoms with van der Waals surface area (Å²) in [5, 5.41) is 18.2. The second-order valence-corrected chi connectivity index (χ2v) is 6.52. The molecule has 0 radical (unpaired) electrons. The molecule has 1 aromatic heterocycles. The van der Waals surface area contributed by atoms with E-state index in [2.05, 4.69) is 16.3 Å². The normalized spacial score (nSPS) is 13.7. The summed E-state index contributed by atoms with van der Waals surface area (Å²) in [4.78, 5) is 11.1. The lowest BCUT2D eigenvalue weighted by atomic mass is 10.2. The van der Waals surface area contributed by atoms with Crippen molar-refractivity contribution in [1.82, 2.24) is 14.8 Å². The fourth-order valence-corrected chi connectivity index (χ4v) is 3.23. The van der Waals surface area contributed by atoms with Crippen LogP contribution in [0.2, 0.25) is 0 Å². The van der Waals surface area contributed by atoms with Gasteiger partial charge in [-0.1, -0.05) is 23.9 Å². The first kappa shape index (κ1) is 15.6. The number of thioether (sulfide) groups is 1. The second-order valence-electron chi connectivity index (χ2n) is 5.58. The first-order valence-electron chi connectivity index (χ1n) is 7.50. The van der Waals surface area contributed by atoms with Crippen LogP contribution in [0.25, 0.3) is 0 Å². The molecule has 0 saturated heterocycles. The van der Waals surface area contributed by atoms with Crippen LogP contribution >= 0.6 is 11.8 Å². The van der Waals surface area contributed by atoms with Crippen molar-refractivity contribution in [3.8, 4) is 6.07 Å². The third-order valence-electron chi connectivity index (χ3n) is 3.72. The number of hydrogen-bond donors (Lipinski definition) is 1.